The second kappa shape index (κ2) is 6.01. The molecule has 1 saturated carbocycles. The van der Waals surface area contributed by atoms with E-state index in [9.17, 15) is 9.18 Å². The molecule has 0 spiro atoms. The van der Waals surface area contributed by atoms with Crippen molar-refractivity contribution in [3.05, 3.63) is 49.0 Å². The first kappa shape index (κ1) is 14.9. The highest BCUT2D eigenvalue weighted by Crippen LogP contribution is 2.36. The summed E-state index contributed by atoms with van der Waals surface area (Å²) in [5.74, 6) is 0.345. The first-order chi connectivity index (χ1) is 10.1. The molecule has 0 bridgehead atoms. The molecule has 0 amide bonds. The minimum Gasteiger partial charge on any atom is -0.306 e. The van der Waals surface area contributed by atoms with Crippen LogP contribution in [0.5, 0.6) is 0 Å². The van der Waals surface area contributed by atoms with Crippen LogP contribution >= 0.6 is 31.9 Å². The minimum absolute atomic E-state index is 0.217. The van der Waals surface area contributed by atoms with Crippen LogP contribution in [-0.4, -0.2) is 9.97 Å². The maximum Gasteiger partial charge on any atom is 0.265 e. The van der Waals surface area contributed by atoms with E-state index in [-0.39, 0.29) is 11.4 Å². The van der Waals surface area contributed by atoms with Gasteiger partial charge in [0.05, 0.1) is 10.2 Å². The summed E-state index contributed by atoms with van der Waals surface area (Å²) in [6.45, 7) is 0. The maximum absolute atomic E-state index is 13.7. The molecule has 1 aromatic carbocycles. The van der Waals surface area contributed by atoms with Gasteiger partial charge in [-0.3, -0.25) is 4.79 Å². The van der Waals surface area contributed by atoms with Crippen LogP contribution in [0.2, 0.25) is 0 Å². The second-order valence-corrected chi connectivity index (χ2v) is 6.87. The Hall–Kier alpha value is -1.01. The Labute approximate surface area is 138 Å². The first-order valence-corrected chi connectivity index (χ1v) is 8.40. The molecule has 1 heterocycles. The molecule has 3 nitrogen and oxygen atoms in total. The molecule has 0 atom stereocenters. The standard InChI is InChI=1S/C15H13Br2FN2O/c16-10-6-5-9(7-11(10)18)14-19-13(8-3-1-2-4-8)12(17)15(21)20-14/h5-8H,1-4H2,(H,19,20,21). The summed E-state index contributed by atoms with van der Waals surface area (Å²) < 4.78 is 14.6. The molecule has 2 aromatic rings. The van der Waals surface area contributed by atoms with Crippen LogP contribution in [-0.2, 0) is 0 Å². The average molecular weight is 416 g/mol. The van der Waals surface area contributed by atoms with Crippen LogP contribution < -0.4 is 5.56 Å². The Bertz CT molecular complexity index is 739. The SMILES string of the molecule is O=c1[nH]c(-c2ccc(Br)c(F)c2)nc(C2CCCC2)c1Br. The van der Waals surface area contributed by atoms with Crippen molar-refractivity contribution in [1.82, 2.24) is 9.97 Å². The number of nitrogens with zero attached hydrogens (tertiary/aromatic N) is 1. The van der Waals surface area contributed by atoms with Crippen LogP contribution in [0.1, 0.15) is 37.3 Å². The zero-order chi connectivity index (χ0) is 15.0. The van der Waals surface area contributed by atoms with Crippen LogP contribution in [0.3, 0.4) is 0 Å². The number of aromatic nitrogens is 2. The number of halogens is 3. The third-order valence-corrected chi connectivity index (χ3v) is 5.23. The third-order valence-electron chi connectivity index (χ3n) is 3.82. The summed E-state index contributed by atoms with van der Waals surface area (Å²) in [5, 5.41) is 0. The number of rotatable bonds is 2. The fourth-order valence-electron chi connectivity index (χ4n) is 2.73. The summed E-state index contributed by atoms with van der Waals surface area (Å²) in [7, 11) is 0. The fourth-order valence-corrected chi connectivity index (χ4v) is 3.48. The summed E-state index contributed by atoms with van der Waals surface area (Å²) in [5.41, 5.74) is 1.14. The summed E-state index contributed by atoms with van der Waals surface area (Å²) >= 11 is 6.46. The zero-order valence-corrected chi connectivity index (χ0v) is 14.3. The van der Waals surface area contributed by atoms with Crippen molar-refractivity contribution in [3.63, 3.8) is 0 Å². The molecule has 1 aromatic heterocycles. The number of nitrogens with one attached hydrogen (secondary N) is 1. The Morgan fingerprint density at radius 3 is 2.62 bits per heavy atom. The third kappa shape index (κ3) is 2.97. The lowest BCUT2D eigenvalue weighted by Crippen LogP contribution is -2.15. The molecule has 1 fully saturated rings. The van der Waals surface area contributed by atoms with Crippen LogP contribution in [0.4, 0.5) is 4.39 Å². The van der Waals surface area contributed by atoms with Gasteiger partial charge in [0.2, 0.25) is 0 Å². The van der Waals surface area contributed by atoms with Crippen molar-refractivity contribution < 1.29 is 4.39 Å². The first-order valence-electron chi connectivity index (χ1n) is 6.81. The van der Waals surface area contributed by atoms with E-state index in [2.05, 4.69) is 41.8 Å². The van der Waals surface area contributed by atoms with Gasteiger partial charge in [-0.05, 0) is 62.9 Å². The van der Waals surface area contributed by atoms with Crippen LogP contribution in [0, 0.1) is 5.82 Å². The number of hydrogen-bond donors (Lipinski definition) is 1. The smallest absolute Gasteiger partial charge is 0.265 e. The van der Waals surface area contributed by atoms with Crippen molar-refractivity contribution in [2.24, 2.45) is 0 Å². The largest absolute Gasteiger partial charge is 0.306 e. The minimum atomic E-state index is -0.375. The van der Waals surface area contributed by atoms with Crippen molar-refractivity contribution in [1.29, 1.82) is 0 Å². The Morgan fingerprint density at radius 2 is 1.95 bits per heavy atom. The molecule has 1 aliphatic carbocycles. The molecule has 0 unspecified atom stereocenters. The van der Waals surface area contributed by atoms with Gasteiger partial charge in [-0.15, -0.1) is 0 Å². The van der Waals surface area contributed by atoms with Crippen LogP contribution in [0.25, 0.3) is 11.4 Å². The molecule has 21 heavy (non-hydrogen) atoms. The van der Waals surface area contributed by atoms with E-state index in [4.69, 9.17) is 0 Å². The Kier molecular flexibility index (Phi) is 4.26. The predicted molar refractivity (Wildman–Crippen MR) is 86.9 cm³/mol. The van der Waals surface area contributed by atoms with Gasteiger partial charge in [0.25, 0.3) is 5.56 Å². The maximum atomic E-state index is 13.7. The molecular weight excluding hydrogens is 403 g/mol. The highest BCUT2D eigenvalue weighted by atomic mass is 79.9. The molecule has 0 aliphatic heterocycles. The summed E-state index contributed by atoms with van der Waals surface area (Å²) in [4.78, 5) is 19.4. The predicted octanol–water partition coefficient (Wildman–Crippen LogP) is 4.76. The van der Waals surface area contributed by atoms with Gasteiger partial charge in [0.15, 0.2) is 0 Å². The molecule has 1 aliphatic rings. The topological polar surface area (TPSA) is 45.8 Å². The number of H-pyrrole nitrogens is 1. The molecular formula is C15H13Br2FN2O. The monoisotopic (exact) mass is 414 g/mol. The van der Waals surface area contributed by atoms with E-state index in [0.29, 0.717) is 26.3 Å². The van der Waals surface area contributed by atoms with Gasteiger partial charge < -0.3 is 4.98 Å². The zero-order valence-electron chi connectivity index (χ0n) is 11.1. The van der Waals surface area contributed by atoms with E-state index in [1.807, 2.05) is 0 Å². The normalized spacial score (nSPS) is 15.6. The number of aromatic amines is 1. The molecule has 1 N–H and O–H groups in total. The molecule has 3 rings (SSSR count). The Balaban J connectivity index is 2.10. The lowest BCUT2D eigenvalue weighted by atomic mass is 10.0. The lowest BCUT2D eigenvalue weighted by Gasteiger charge is -2.12. The van der Waals surface area contributed by atoms with E-state index in [0.717, 1.165) is 31.4 Å². The van der Waals surface area contributed by atoms with Crippen molar-refractivity contribution in [2.75, 3.05) is 0 Å². The van der Waals surface area contributed by atoms with Crippen molar-refractivity contribution in [2.45, 2.75) is 31.6 Å². The van der Waals surface area contributed by atoms with E-state index < -0.39 is 0 Å². The van der Waals surface area contributed by atoms with Gasteiger partial charge in [0, 0.05) is 11.5 Å². The fraction of sp³-hybridized carbons (Fsp3) is 0.333. The number of hydrogen-bond acceptors (Lipinski definition) is 2. The van der Waals surface area contributed by atoms with E-state index >= 15 is 0 Å². The highest BCUT2D eigenvalue weighted by molar-refractivity contribution is 9.10. The second-order valence-electron chi connectivity index (χ2n) is 5.22. The molecule has 6 heteroatoms. The van der Waals surface area contributed by atoms with Gasteiger partial charge >= 0.3 is 0 Å². The highest BCUT2D eigenvalue weighted by Gasteiger charge is 2.23. The van der Waals surface area contributed by atoms with E-state index in [1.54, 1.807) is 12.1 Å². The quantitative estimate of drug-likeness (QED) is 0.768. The summed E-state index contributed by atoms with van der Waals surface area (Å²) in [6.07, 6.45) is 4.41. The van der Waals surface area contributed by atoms with Gasteiger partial charge in [-0.1, -0.05) is 12.8 Å². The number of benzene rings is 1. The van der Waals surface area contributed by atoms with E-state index in [1.165, 1.54) is 6.07 Å². The van der Waals surface area contributed by atoms with Crippen molar-refractivity contribution >= 4 is 31.9 Å². The average Bonchev–Trinajstić information content (AvgIpc) is 2.98. The molecule has 0 saturated heterocycles. The van der Waals surface area contributed by atoms with Gasteiger partial charge in [0.1, 0.15) is 16.1 Å². The Morgan fingerprint density at radius 1 is 1.24 bits per heavy atom. The lowest BCUT2D eigenvalue weighted by molar-refractivity contribution is 0.621. The molecule has 0 radical (unpaired) electrons. The molecule has 110 valence electrons. The van der Waals surface area contributed by atoms with Crippen LogP contribution in [0.15, 0.2) is 31.9 Å². The van der Waals surface area contributed by atoms with Crippen molar-refractivity contribution in [3.8, 4) is 11.4 Å². The van der Waals surface area contributed by atoms with Gasteiger partial charge in [-0.25, -0.2) is 9.37 Å². The summed E-state index contributed by atoms with van der Waals surface area (Å²) in [6, 6.07) is 4.72. The van der Waals surface area contributed by atoms with Gasteiger partial charge in [-0.2, -0.15) is 0 Å².